The lowest BCUT2D eigenvalue weighted by Gasteiger charge is -2.51. The molecule has 4 heterocycles. The van der Waals surface area contributed by atoms with Crippen LogP contribution in [-0.2, 0) is 0 Å². The largest absolute Gasteiger partial charge is 0.507 e. The Morgan fingerprint density at radius 1 is 1.09 bits per heavy atom. The lowest BCUT2D eigenvalue weighted by Crippen LogP contribution is -2.64. The van der Waals surface area contributed by atoms with Crippen LogP contribution in [0.15, 0.2) is 42.6 Å². The summed E-state index contributed by atoms with van der Waals surface area (Å²) in [5.74, 6) is 0.747. The van der Waals surface area contributed by atoms with Gasteiger partial charge in [0.05, 0.1) is 22.6 Å². The standard InChI is InChI=1S/C25H30FN5O2/c1-15-13-25(4)23(26)21(14-24(15,3)30(25)5)33-22-9-8-19(27-28-22)18-7-6-17(12-20(18)32)31-11-10-16(2)29-31/h6-12,15,21,23,32H,13-14H2,1-5H3. The molecule has 2 saturated heterocycles. The summed E-state index contributed by atoms with van der Waals surface area (Å²) in [5.41, 5.74) is 2.04. The van der Waals surface area contributed by atoms with Gasteiger partial charge in [0.15, 0.2) is 6.17 Å². The number of aryl methyl sites for hydroxylation is 1. The number of rotatable bonds is 4. The fourth-order valence-corrected chi connectivity index (χ4v) is 5.66. The number of halogens is 1. The van der Waals surface area contributed by atoms with E-state index in [-0.39, 0.29) is 11.3 Å². The average molecular weight is 452 g/mol. The van der Waals surface area contributed by atoms with Crippen molar-refractivity contribution in [3.05, 3.63) is 48.3 Å². The van der Waals surface area contributed by atoms with Gasteiger partial charge < -0.3 is 9.84 Å². The number of alkyl halides is 1. The van der Waals surface area contributed by atoms with Crippen molar-refractivity contribution in [2.75, 3.05) is 7.05 Å². The van der Waals surface area contributed by atoms with Crippen molar-refractivity contribution in [1.29, 1.82) is 0 Å². The van der Waals surface area contributed by atoms with Crippen molar-refractivity contribution >= 4 is 0 Å². The van der Waals surface area contributed by atoms with Crippen LogP contribution in [0.5, 0.6) is 11.6 Å². The second-order valence-electron chi connectivity index (χ2n) is 10.0. The van der Waals surface area contributed by atoms with Gasteiger partial charge in [-0.2, -0.15) is 5.10 Å². The molecule has 2 bridgehead atoms. The van der Waals surface area contributed by atoms with E-state index in [1.54, 1.807) is 28.9 Å². The molecule has 1 N–H and O–H groups in total. The van der Waals surface area contributed by atoms with E-state index >= 15 is 4.39 Å². The van der Waals surface area contributed by atoms with Crippen molar-refractivity contribution in [1.82, 2.24) is 24.9 Å². The molecule has 0 aliphatic carbocycles. The van der Waals surface area contributed by atoms with Gasteiger partial charge in [-0.15, -0.1) is 10.2 Å². The fraction of sp³-hybridized carbons (Fsp3) is 0.480. The van der Waals surface area contributed by atoms with Crippen LogP contribution in [0.2, 0.25) is 0 Å². The minimum atomic E-state index is -1.12. The maximum Gasteiger partial charge on any atom is 0.233 e. The topological polar surface area (TPSA) is 76.3 Å². The minimum Gasteiger partial charge on any atom is -0.507 e. The van der Waals surface area contributed by atoms with Gasteiger partial charge in [0.1, 0.15) is 11.9 Å². The molecular weight excluding hydrogens is 421 g/mol. The Hall–Kier alpha value is -3.00. The van der Waals surface area contributed by atoms with Gasteiger partial charge in [-0.25, -0.2) is 9.07 Å². The number of nitrogens with zero attached hydrogens (tertiary/aromatic N) is 5. The van der Waals surface area contributed by atoms with Gasteiger partial charge in [-0.3, -0.25) is 4.90 Å². The Kier molecular flexibility index (Phi) is 4.97. The third-order valence-corrected chi connectivity index (χ3v) is 8.00. The number of aromatic hydroxyl groups is 1. The third kappa shape index (κ3) is 3.39. The highest BCUT2D eigenvalue weighted by atomic mass is 19.1. The SMILES string of the molecule is Cc1ccn(-c2ccc(-c3ccc(OC4CC5(C)C(C)CC(C)(C4F)N5C)nn3)c(O)c2)n1. The maximum absolute atomic E-state index is 15.5. The highest BCUT2D eigenvalue weighted by Crippen LogP contribution is 2.54. The van der Waals surface area contributed by atoms with Crippen molar-refractivity contribution in [2.45, 2.75) is 63.9 Å². The van der Waals surface area contributed by atoms with E-state index in [1.165, 1.54) is 0 Å². The highest BCUT2D eigenvalue weighted by Gasteiger charge is 2.63. The van der Waals surface area contributed by atoms with Gasteiger partial charge in [0, 0.05) is 35.9 Å². The number of phenols is 1. The van der Waals surface area contributed by atoms with Crippen LogP contribution in [0.25, 0.3) is 16.9 Å². The number of hydrogen-bond donors (Lipinski definition) is 1. The molecule has 3 aromatic rings. The summed E-state index contributed by atoms with van der Waals surface area (Å²) in [5, 5.41) is 23.3. The predicted octanol–water partition coefficient (Wildman–Crippen LogP) is 4.32. The first-order valence-electron chi connectivity index (χ1n) is 11.4. The molecule has 1 aromatic carbocycles. The van der Waals surface area contributed by atoms with Crippen LogP contribution >= 0.6 is 0 Å². The number of ether oxygens (including phenoxy) is 1. The summed E-state index contributed by atoms with van der Waals surface area (Å²) in [7, 11) is 2.02. The normalized spacial score (nSPS) is 31.6. The zero-order valence-electron chi connectivity index (χ0n) is 19.7. The summed E-state index contributed by atoms with van der Waals surface area (Å²) in [6.45, 7) is 8.28. The van der Waals surface area contributed by atoms with Crippen molar-refractivity contribution in [3.8, 4) is 28.6 Å². The minimum absolute atomic E-state index is 0.0779. The van der Waals surface area contributed by atoms with E-state index in [2.05, 4.69) is 34.0 Å². The maximum atomic E-state index is 15.5. The molecule has 0 spiro atoms. The summed E-state index contributed by atoms with van der Waals surface area (Å²) >= 11 is 0. The molecule has 2 fully saturated rings. The third-order valence-electron chi connectivity index (χ3n) is 8.00. The van der Waals surface area contributed by atoms with Crippen LogP contribution in [-0.4, -0.2) is 60.4 Å². The Bertz CT molecular complexity index is 1180. The zero-order chi connectivity index (χ0) is 23.5. The Morgan fingerprint density at radius 2 is 1.88 bits per heavy atom. The number of hydrogen-bond acceptors (Lipinski definition) is 6. The Morgan fingerprint density at radius 3 is 2.52 bits per heavy atom. The van der Waals surface area contributed by atoms with Crippen LogP contribution in [0, 0.1) is 12.8 Å². The van der Waals surface area contributed by atoms with E-state index in [4.69, 9.17) is 4.74 Å². The van der Waals surface area contributed by atoms with E-state index < -0.39 is 17.8 Å². The number of piperidine rings is 1. The molecule has 0 amide bonds. The van der Waals surface area contributed by atoms with Crippen LogP contribution in [0.1, 0.15) is 39.3 Å². The monoisotopic (exact) mass is 451 g/mol. The van der Waals surface area contributed by atoms with Gasteiger partial charge in [-0.05, 0) is 64.4 Å². The fourth-order valence-electron chi connectivity index (χ4n) is 5.66. The van der Waals surface area contributed by atoms with Gasteiger partial charge in [0.25, 0.3) is 0 Å². The Balaban J connectivity index is 1.34. The molecule has 33 heavy (non-hydrogen) atoms. The summed E-state index contributed by atoms with van der Waals surface area (Å²) in [6.07, 6.45) is 1.54. The quantitative estimate of drug-likeness (QED) is 0.637. The first kappa shape index (κ1) is 21.8. The predicted molar refractivity (Wildman–Crippen MR) is 123 cm³/mol. The van der Waals surface area contributed by atoms with Crippen molar-refractivity contribution < 1.29 is 14.2 Å². The Labute approximate surface area is 193 Å². The highest BCUT2D eigenvalue weighted by molar-refractivity contribution is 5.68. The van der Waals surface area contributed by atoms with Crippen molar-refractivity contribution in [2.24, 2.45) is 5.92 Å². The second-order valence-corrected chi connectivity index (χ2v) is 10.0. The van der Waals surface area contributed by atoms with E-state index in [9.17, 15) is 5.11 Å². The van der Waals surface area contributed by atoms with Crippen LogP contribution in [0.3, 0.4) is 0 Å². The number of phenolic OH excluding ortho intramolecular Hbond substituents is 1. The molecule has 2 aliphatic heterocycles. The number of fused-ring (bicyclic) bond motifs is 2. The van der Waals surface area contributed by atoms with Crippen LogP contribution in [0.4, 0.5) is 4.39 Å². The van der Waals surface area contributed by atoms with Crippen LogP contribution < -0.4 is 4.74 Å². The molecule has 2 aromatic heterocycles. The van der Waals surface area contributed by atoms with E-state index in [0.29, 0.717) is 29.5 Å². The molecule has 7 nitrogen and oxygen atoms in total. The smallest absolute Gasteiger partial charge is 0.233 e. The van der Waals surface area contributed by atoms with Gasteiger partial charge >= 0.3 is 0 Å². The van der Waals surface area contributed by atoms with E-state index in [0.717, 1.165) is 17.8 Å². The van der Waals surface area contributed by atoms with Gasteiger partial charge in [0.2, 0.25) is 5.88 Å². The lowest BCUT2D eigenvalue weighted by atomic mass is 9.81. The van der Waals surface area contributed by atoms with E-state index in [1.807, 2.05) is 39.2 Å². The number of aromatic nitrogens is 4. The molecule has 174 valence electrons. The number of benzene rings is 1. The second kappa shape index (κ2) is 7.52. The summed E-state index contributed by atoms with van der Waals surface area (Å²) in [4.78, 5) is 2.20. The average Bonchev–Trinajstić information content (AvgIpc) is 3.27. The first-order valence-corrected chi connectivity index (χ1v) is 11.4. The molecule has 0 saturated carbocycles. The molecule has 5 atom stereocenters. The van der Waals surface area contributed by atoms with Gasteiger partial charge in [-0.1, -0.05) is 6.92 Å². The lowest BCUT2D eigenvalue weighted by molar-refractivity contribution is -0.0923. The van der Waals surface area contributed by atoms with Crippen molar-refractivity contribution in [3.63, 3.8) is 0 Å². The molecule has 5 unspecified atom stereocenters. The molecule has 0 radical (unpaired) electrons. The molecule has 2 aliphatic rings. The zero-order valence-corrected chi connectivity index (χ0v) is 19.7. The molecule has 8 heteroatoms. The molecule has 5 rings (SSSR count). The summed E-state index contributed by atoms with van der Waals surface area (Å²) in [6, 6.07) is 10.6. The first-order chi connectivity index (χ1) is 15.6. The molecular formula is C25H30FN5O2. The summed E-state index contributed by atoms with van der Waals surface area (Å²) < 4.78 is 23.3.